The number of hydrogen-bond donors (Lipinski definition) is 1. The fraction of sp³-hybridized carbons (Fsp3) is 0.333. The number of carbonyl (C=O) groups excluding carboxylic acids is 2. The minimum atomic E-state index is -0.162. The van der Waals surface area contributed by atoms with Crippen molar-refractivity contribution in [3.63, 3.8) is 0 Å². The first kappa shape index (κ1) is 18.5. The van der Waals surface area contributed by atoms with Gasteiger partial charge in [0.15, 0.2) is 0 Å². The molecule has 4 nitrogen and oxygen atoms in total. The molecule has 0 radical (unpaired) electrons. The van der Waals surface area contributed by atoms with Gasteiger partial charge in [-0.25, -0.2) is 0 Å². The van der Waals surface area contributed by atoms with Crippen molar-refractivity contribution in [2.75, 3.05) is 13.1 Å². The largest absolute Gasteiger partial charge is 0.352 e. The molecule has 136 valence electrons. The highest BCUT2D eigenvalue weighted by molar-refractivity contribution is 6.30. The van der Waals surface area contributed by atoms with E-state index in [2.05, 4.69) is 11.4 Å². The summed E-state index contributed by atoms with van der Waals surface area (Å²) in [4.78, 5) is 27.0. The second-order valence-corrected chi connectivity index (χ2v) is 7.24. The lowest BCUT2D eigenvalue weighted by Gasteiger charge is -2.32. The Morgan fingerprint density at radius 2 is 1.96 bits per heavy atom. The third-order valence-corrected chi connectivity index (χ3v) is 4.97. The van der Waals surface area contributed by atoms with Gasteiger partial charge in [0, 0.05) is 30.2 Å². The van der Waals surface area contributed by atoms with Gasteiger partial charge < -0.3 is 10.2 Å². The zero-order valence-electron chi connectivity index (χ0n) is 14.9. The van der Waals surface area contributed by atoms with Gasteiger partial charge in [-0.3, -0.25) is 9.59 Å². The molecule has 1 heterocycles. The monoisotopic (exact) mass is 370 g/mol. The van der Waals surface area contributed by atoms with Crippen LogP contribution in [0.4, 0.5) is 0 Å². The molecule has 0 spiro atoms. The summed E-state index contributed by atoms with van der Waals surface area (Å²) in [7, 11) is 0. The first-order chi connectivity index (χ1) is 12.5. The van der Waals surface area contributed by atoms with Crippen LogP contribution in [0.3, 0.4) is 0 Å². The van der Waals surface area contributed by atoms with Crippen LogP contribution in [0.1, 0.15) is 34.3 Å². The molecule has 1 N–H and O–H groups in total. The lowest BCUT2D eigenvalue weighted by atomic mass is 9.96. The van der Waals surface area contributed by atoms with Crippen molar-refractivity contribution in [3.05, 3.63) is 70.2 Å². The molecule has 1 atom stereocenters. The predicted octanol–water partition coefficient (Wildman–Crippen LogP) is 3.82. The summed E-state index contributed by atoms with van der Waals surface area (Å²) in [6.45, 7) is 3.69. The molecule has 1 saturated heterocycles. The van der Waals surface area contributed by atoms with Crippen LogP contribution < -0.4 is 5.32 Å². The number of rotatable bonds is 4. The number of amides is 2. The minimum absolute atomic E-state index is 0.0140. The van der Waals surface area contributed by atoms with Gasteiger partial charge in [-0.1, -0.05) is 41.4 Å². The van der Waals surface area contributed by atoms with Crippen LogP contribution >= 0.6 is 11.6 Å². The third-order valence-electron chi connectivity index (χ3n) is 4.72. The van der Waals surface area contributed by atoms with Crippen LogP contribution in [-0.4, -0.2) is 29.8 Å². The van der Waals surface area contributed by atoms with E-state index in [0.29, 0.717) is 30.2 Å². The second-order valence-electron chi connectivity index (χ2n) is 6.80. The molecule has 26 heavy (non-hydrogen) atoms. The fourth-order valence-electron chi connectivity index (χ4n) is 3.31. The maximum atomic E-state index is 12.6. The molecule has 0 saturated carbocycles. The zero-order valence-corrected chi connectivity index (χ0v) is 15.6. The van der Waals surface area contributed by atoms with E-state index in [-0.39, 0.29) is 17.7 Å². The van der Waals surface area contributed by atoms with Crippen LogP contribution in [-0.2, 0) is 11.3 Å². The van der Waals surface area contributed by atoms with Gasteiger partial charge in [0.05, 0.1) is 5.92 Å². The van der Waals surface area contributed by atoms with Crippen molar-refractivity contribution in [2.45, 2.75) is 26.3 Å². The summed E-state index contributed by atoms with van der Waals surface area (Å²) in [5.74, 6) is -0.192. The Balaban J connectivity index is 1.58. The average molecular weight is 371 g/mol. The summed E-state index contributed by atoms with van der Waals surface area (Å²) >= 11 is 5.88. The van der Waals surface area contributed by atoms with E-state index in [1.54, 1.807) is 29.2 Å². The average Bonchev–Trinajstić information content (AvgIpc) is 2.66. The molecule has 1 aliphatic rings. The normalized spacial score (nSPS) is 17.0. The third kappa shape index (κ3) is 4.64. The van der Waals surface area contributed by atoms with Crippen molar-refractivity contribution >= 4 is 23.4 Å². The number of likely N-dealkylation sites (tertiary alicyclic amines) is 1. The highest BCUT2D eigenvalue weighted by atomic mass is 35.5. The SMILES string of the molecule is Cc1cccc(CNC(=O)C2CCCN(C(=O)c3ccc(Cl)cc3)C2)c1. The van der Waals surface area contributed by atoms with E-state index in [0.717, 1.165) is 18.4 Å². The highest BCUT2D eigenvalue weighted by Crippen LogP contribution is 2.20. The number of carbonyl (C=O) groups is 2. The summed E-state index contributed by atoms with van der Waals surface area (Å²) < 4.78 is 0. The van der Waals surface area contributed by atoms with E-state index >= 15 is 0 Å². The topological polar surface area (TPSA) is 49.4 Å². The highest BCUT2D eigenvalue weighted by Gasteiger charge is 2.28. The van der Waals surface area contributed by atoms with Crippen LogP contribution in [0.5, 0.6) is 0 Å². The quantitative estimate of drug-likeness (QED) is 0.889. The Labute approximate surface area is 159 Å². The van der Waals surface area contributed by atoms with Crippen LogP contribution in [0.25, 0.3) is 0 Å². The number of benzene rings is 2. The van der Waals surface area contributed by atoms with Gasteiger partial charge >= 0.3 is 0 Å². The summed E-state index contributed by atoms with van der Waals surface area (Å²) in [5, 5.41) is 3.61. The molecular formula is C21H23ClN2O2. The first-order valence-corrected chi connectivity index (χ1v) is 9.29. The lowest BCUT2D eigenvalue weighted by molar-refractivity contribution is -0.126. The number of nitrogens with zero attached hydrogens (tertiary/aromatic N) is 1. The van der Waals surface area contributed by atoms with E-state index < -0.39 is 0 Å². The first-order valence-electron chi connectivity index (χ1n) is 8.91. The number of aryl methyl sites for hydroxylation is 1. The Kier molecular flexibility index (Phi) is 5.94. The van der Waals surface area contributed by atoms with Crippen LogP contribution in [0, 0.1) is 12.8 Å². The Hall–Kier alpha value is -2.33. The molecule has 2 aromatic rings. The van der Waals surface area contributed by atoms with Crippen LogP contribution in [0.2, 0.25) is 5.02 Å². The van der Waals surface area contributed by atoms with Gasteiger partial charge in [0.25, 0.3) is 5.91 Å². The molecule has 1 fully saturated rings. The number of hydrogen-bond acceptors (Lipinski definition) is 2. The van der Waals surface area contributed by atoms with E-state index in [9.17, 15) is 9.59 Å². The van der Waals surface area contributed by atoms with Gasteiger partial charge in [0.1, 0.15) is 0 Å². The summed E-state index contributed by atoms with van der Waals surface area (Å²) in [5.41, 5.74) is 2.87. The molecule has 0 aliphatic carbocycles. The molecule has 2 amide bonds. The molecule has 3 rings (SSSR count). The number of halogens is 1. The van der Waals surface area contributed by atoms with Gasteiger partial charge in [-0.05, 0) is 49.6 Å². The van der Waals surface area contributed by atoms with Crippen LogP contribution in [0.15, 0.2) is 48.5 Å². The zero-order chi connectivity index (χ0) is 18.5. The fourth-order valence-corrected chi connectivity index (χ4v) is 3.43. The van der Waals surface area contributed by atoms with E-state index in [1.165, 1.54) is 5.56 Å². The standard InChI is InChI=1S/C21H23ClN2O2/c1-15-4-2-5-16(12-15)13-23-20(25)18-6-3-11-24(14-18)21(26)17-7-9-19(22)10-8-17/h2,4-5,7-10,12,18H,3,6,11,13-14H2,1H3,(H,23,25). The van der Waals surface area contributed by atoms with Crippen molar-refractivity contribution in [1.29, 1.82) is 0 Å². The second kappa shape index (κ2) is 8.37. The summed E-state index contributed by atoms with van der Waals surface area (Å²) in [6, 6.07) is 15.0. The van der Waals surface area contributed by atoms with E-state index in [4.69, 9.17) is 11.6 Å². The van der Waals surface area contributed by atoms with Crippen molar-refractivity contribution in [2.24, 2.45) is 5.92 Å². The lowest BCUT2D eigenvalue weighted by Crippen LogP contribution is -2.45. The van der Waals surface area contributed by atoms with Gasteiger partial charge in [-0.2, -0.15) is 0 Å². The van der Waals surface area contributed by atoms with Gasteiger partial charge in [-0.15, -0.1) is 0 Å². The summed E-state index contributed by atoms with van der Waals surface area (Å²) in [6.07, 6.45) is 1.64. The molecule has 0 aromatic heterocycles. The number of piperidine rings is 1. The molecule has 1 unspecified atom stereocenters. The number of nitrogens with one attached hydrogen (secondary N) is 1. The van der Waals surface area contributed by atoms with Gasteiger partial charge in [0.2, 0.25) is 5.91 Å². The molecular weight excluding hydrogens is 348 g/mol. The Morgan fingerprint density at radius 3 is 2.69 bits per heavy atom. The molecule has 5 heteroatoms. The minimum Gasteiger partial charge on any atom is -0.352 e. The van der Waals surface area contributed by atoms with Crippen molar-refractivity contribution < 1.29 is 9.59 Å². The smallest absolute Gasteiger partial charge is 0.253 e. The van der Waals surface area contributed by atoms with E-state index in [1.807, 2.05) is 25.1 Å². The maximum absolute atomic E-state index is 12.6. The Morgan fingerprint density at radius 1 is 1.19 bits per heavy atom. The Bertz CT molecular complexity index is 789. The van der Waals surface area contributed by atoms with Crippen molar-refractivity contribution in [1.82, 2.24) is 10.2 Å². The maximum Gasteiger partial charge on any atom is 0.253 e. The molecule has 1 aliphatic heterocycles. The molecule has 0 bridgehead atoms. The van der Waals surface area contributed by atoms with Crippen molar-refractivity contribution in [3.8, 4) is 0 Å². The predicted molar refractivity (Wildman–Crippen MR) is 103 cm³/mol. The molecule has 2 aromatic carbocycles.